The molecule has 2 heterocycles. The number of ether oxygens (including phenoxy) is 5. The molecule has 0 aliphatic carbocycles. The monoisotopic (exact) mass is 979 g/mol. The van der Waals surface area contributed by atoms with Crippen LogP contribution in [0, 0.1) is 0 Å². The average Bonchev–Trinajstić information content (AvgIpc) is 3.48. The minimum atomic E-state index is -2.23. The minimum Gasteiger partial charge on any atom is -0.399 e. The largest absolute Gasteiger partial charge is 0.399 e. The van der Waals surface area contributed by atoms with Crippen molar-refractivity contribution < 1.29 is 36.6 Å². The van der Waals surface area contributed by atoms with Gasteiger partial charge in [-0.05, 0) is 67.2 Å². The molecular weight excluding hydrogens is 904 g/mol. The van der Waals surface area contributed by atoms with Crippen LogP contribution in [0.1, 0.15) is 128 Å². The maximum atomic E-state index is 7.33. The van der Waals surface area contributed by atoms with E-state index in [1.807, 2.05) is 72.8 Å². The van der Waals surface area contributed by atoms with Gasteiger partial charge in [0.05, 0.1) is 33.0 Å². The van der Waals surface area contributed by atoms with Crippen LogP contribution in [0.4, 0.5) is 0 Å². The Morgan fingerprint density at radius 3 is 1.17 bits per heavy atom. The first kappa shape index (κ1) is 52.3. The molecule has 0 spiro atoms. The van der Waals surface area contributed by atoms with Crippen LogP contribution in [-0.2, 0) is 71.8 Å². The van der Waals surface area contributed by atoms with Crippen molar-refractivity contribution in [3.05, 3.63) is 190 Å². The van der Waals surface area contributed by atoms with Crippen LogP contribution in [0.3, 0.4) is 0 Å². The predicted octanol–water partition coefficient (Wildman–Crippen LogP) is 15.6. The molecule has 5 atom stereocenters. The van der Waals surface area contributed by atoms with Crippen molar-refractivity contribution in [1.29, 1.82) is 0 Å². The maximum absolute atomic E-state index is 7.33. The van der Waals surface area contributed by atoms with Gasteiger partial charge in [0.1, 0.15) is 35.6 Å². The molecule has 1 aliphatic heterocycles. The third-order valence-electron chi connectivity index (χ3n) is 13.2. The van der Waals surface area contributed by atoms with Gasteiger partial charge in [0.25, 0.3) is 0 Å². The molecule has 1 unspecified atom stereocenters. The van der Waals surface area contributed by atoms with Crippen molar-refractivity contribution in [1.82, 2.24) is 0 Å². The Bertz CT molecular complexity index is 2760. The first-order valence-electron chi connectivity index (χ1n) is 25.2. The van der Waals surface area contributed by atoms with Crippen LogP contribution in [0.2, 0.25) is 0 Å². The van der Waals surface area contributed by atoms with Gasteiger partial charge in [0, 0.05) is 21.9 Å². The Kier molecular flexibility index (Phi) is 16.2. The topological polar surface area (TPSA) is 81.7 Å². The minimum absolute atomic E-state index is 0.150. The summed E-state index contributed by atoms with van der Waals surface area (Å²) in [5, 5.41) is 1.96. The Balaban J connectivity index is 1.34. The smallest absolute Gasteiger partial charge is 0.390 e. The molecule has 8 nitrogen and oxygen atoms in total. The molecule has 7 aromatic rings. The van der Waals surface area contributed by atoms with Gasteiger partial charge < -0.3 is 32.1 Å². The second-order valence-electron chi connectivity index (χ2n) is 23.1. The molecule has 9 heteroatoms. The standard InChI is InChI=1S/C62H75O8P/c1-59(2,3)46-33-48-49-34-47(60(4,5)6)36-51(62(10,11)12)54(49)69-71(68-53(48)50(35-46)61(7,8)9)70-58-57(66-40-45-31-23-16-24-32-45)56(65-39-44-29-21-15-22-30-44)55(64-38-43-27-19-14-20-28-43)52(67-58)41-63-37-42-25-17-13-18-26-42/h13-36,52,55-58H,37-41H2,1-12H3/t52-,55-,56+,57-,58?/m1/s1. The molecule has 1 saturated heterocycles. The van der Waals surface area contributed by atoms with Crippen molar-refractivity contribution >= 4 is 30.2 Å². The van der Waals surface area contributed by atoms with Crippen molar-refractivity contribution in [2.45, 2.75) is 162 Å². The van der Waals surface area contributed by atoms with Gasteiger partial charge in [0.15, 0.2) is 0 Å². The summed E-state index contributed by atoms with van der Waals surface area (Å²) in [4.78, 5) is 0. The Morgan fingerprint density at radius 1 is 0.423 bits per heavy atom. The predicted molar refractivity (Wildman–Crippen MR) is 288 cm³/mol. The quantitative estimate of drug-likeness (QED) is 0.100. The third kappa shape index (κ3) is 13.2. The second-order valence-corrected chi connectivity index (χ2v) is 24.2. The van der Waals surface area contributed by atoms with Crippen LogP contribution >= 0.6 is 8.24 Å². The summed E-state index contributed by atoms with van der Waals surface area (Å²) in [5.41, 5.74) is 9.19. The number of rotatable bonds is 15. The van der Waals surface area contributed by atoms with E-state index in [0.717, 1.165) is 55.3 Å². The second kappa shape index (κ2) is 22.0. The first-order valence-corrected chi connectivity index (χ1v) is 26.3. The molecule has 0 radical (unpaired) electrons. The van der Waals surface area contributed by atoms with Crippen molar-refractivity contribution in [2.24, 2.45) is 0 Å². The van der Waals surface area contributed by atoms with Crippen LogP contribution in [0.15, 0.2) is 154 Å². The molecule has 8 rings (SSSR count). The average molecular weight is 979 g/mol. The third-order valence-corrected chi connectivity index (χ3v) is 14.2. The Hall–Kier alpha value is -5.02. The summed E-state index contributed by atoms with van der Waals surface area (Å²) in [7, 11) is -2.23. The highest BCUT2D eigenvalue weighted by molar-refractivity contribution is 7.31. The highest BCUT2D eigenvalue weighted by Crippen LogP contribution is 2.46. The molecule has 0 N–H and O–H groups in total. The van der Waals surface area contributed by atoms with E-state index in [9.17, 15) is 0 Å². The lowest BCUT2D eigenvalue weighted by atomic mass is 9.77. The molecule has 1 aromatic heterocycles. The van der Waals surface area contributed by atoms with Crippen molar-refractivity contribution in [2.75, 3.05) is 6.61 Å². The lowest BCUT2D eigenvalue weighted by Gasteiger charge is -2.45. The zero-order valence-electron chi connectivity index (χ0n) is 44.0. The molecule has 1 fully saturated rings. The van der Waals surface area contributed by atoms with Crippen LogP contribution < -0.4 is 4.52 Å². The van der Waals surface area contributed by atoms with Crippen LogP contribution in [0.5, 0.6) is 0 Å². The summed E-state index contributed by atoms with van der Waals surface area (Å²) in [6, 6.07) is 49.9. The van der Waals surface area contributed by atoms with E-state index >= 15 is 0 Å². The van der Waals surface area contributed by atoms with E-state index in [2.05, 4.69) is 156 Å². The fourth-order valence-electron chi connectivity index (χ4n) is 8.96. The van der Waals surface area contributed by atoms with Gasteiger partial charge in [-0.2, -0.15) is 0 Å². The van der Waals surface area contributed by atoms with E-state index < -0.39 is 38.9 Å². The maximum Gasteiger partial charge on any atom is 0.390 e. The van der Waals surface area contributed by atoms with Crippen LogP contribution in [-0.4, -0.2) is 37.3 Å². The molecule has 0 saturated carbocycles. The molecule has 376 valence electrons. The molecule has 71 heavy (non-hydrogen) atoms. The fraction of sp³-hybridized carbons (Fsp3) is 0.419. The summed E-state index contributed by atoms with van der Waals surface area (Å²) in [5.74, 6) is 0. The van der Waals surface area contributed by atoms with Gasteiger partial charge in [-0.1, -0.05) is 217 Å². The summed E-state index contributed by atoms with van der Waals surface area (Å²) in [6.45, 7) is 28.5. The SMILES string of the molecule is CC(C)(C)c1cc(C(C)(C)C)c2op(OC3O[C@H](COCc4ccccc4)[C@@H](OCc4ccccc4)[C@H](OCc4ccccc4)[C@H]3OCc3ccccc3)oc3c(C(C)(C)C)cc(C(C)(C)C)cc3c2c1. The Morgan fingerprint density at radius 2 is 0.789 bits per heavy atom. The van der Waals surface area contributed by atoms with E-state index in [1.54, 1.807) is 0 Å². The fourth-order valence-corrected chi connectivity index (χ4v) is 10.1. The van der Waals surface area contributed by atoms with Crippen LogP contribution in [0.25, 0.3) is 21.9 Å². The Labute approximate surface area is 423 Å². The summed E-state index contributed by atoms with van der Waals surface area (Å²) < 4.78 is 56.9. The van der Waals surface area contributed by atoms with Crippen molar-refractivity contribution in [3.63, 3.8) is 0 Å². The number of hydrogen-bond donors (Lipinski definition) is 0. The van der Waals surface area contributed by atoms with Gasteiger partial charge in [-0.3, -0.25) is 0 Å². The number of hydrogen-bond acceptors (Lipinski definition) is 8. The molecule has 0 amide bonds. The number of fused-ring (bicyclic) bond motifs is 3. The van der Waals surface area contributed by atoms with Gasteiger partial charge in [0.2, 0.25) is 6.29 Å². The van der Waals surface area contributed by atoms with Gasteiger partial charge in [-0.15, -0.1) is 0 Å². The van der Waals surface area contributed by atoms with E-state index in [1.165, 1.54) is 11.1 Å². The van der Waals surface area contributed by atoms with Gasteiger partial charge in [-0.25, -0.2) is 4.52 Å². The number of benzene rings is 6. The van der Waals surface area contributed by atoms with E-state index in [0.29, 0.717) is 19.8 Å². The summed E-state index contributed by atoms with van der Waals surface area (Å²) in [6.07, 6.45) is -3.89. The normalized spacial score (nSPS) is 19.1. The lowest BCUT2D eigenvalue weighted by Crippen LogP contribution is -2.62. The lowest BCUT2D eigenvalue weighted by molar-refractivity contribution is -0.303. The summed E-state index contributed by atoms with van der Waals surface area (Å²) >= 11 is 0. The molecule has 6 aromatic carbocycles. The molecule has 1 aliphatic rings. The van der Waals surface area contributed by atoms with E-state index in [4.69, 9.17) is 36.6 Å². The van der Waals surface area contributed by atoms with Gasteiger partial charge >= 0.3 is 8.24 Å². The molecule has 0 bridgehead atoms. The first-order chi connectivity index (χ1) is 33.7. The van der Waals surface area contributed by atoms with E-state index in [-0.39, 0.29) is 34.9 Å². The molecular formula is C62H75O8P. The highest BCUT2D eigenvalue weighted by Gasteiger charge is 2.50. The van der Waals surface area contributed by atoms with Crippen molar-refractivity contribution in [3.8, 4) is 0 Å². The zero-order valence-corrected chi connectivity index (χ0v) is 44.9. The highest BCUT2D eigenvalue weighted by atomic mass is 31.1. The zero-order chi connectivity index (χ0) is 50.6.